The molecule has 2 aromatic heterocycles. The molecule has 0 unspecified atom stereocenters. The molecule has 3 heteroatoms. The first-order valence-electron chi connectivity index (χ1n) is 15.9. The quantitative estimate of drug-likeness (QED) is 0.197. The molecule has 0 fully saturated rings. The van der Waals surface area contributed by atoms with Crippen LogP contribution in [-0.2, 0) is 0 Å². The zero-order chi connectivity index (χ0) is 31.2. The summed E-state index contributed by atoms with van der Waals surface area (Å²) < 4.78 is 2.41. The minimum Gasteiger partial charge on any atom is -0.309 e. The lowest BCUT2D eigenvalue weighted by Gasteiger charge is -2.14. The summed E-state index contributed by atoms with van der Waals surface area (Å²) in [6.07, 6.45) is 0. The smallest absolute Gasteiger partial charge is 0.160 e. The Morgan fingerprint density at radius 2 is 0.979 bits per heavy atom. The first-order chi connectivity index (χ1) is 23.3. The standard InChI is InChI=1S/C44H29N3/c1-4-13-30(14-5-1)31-23-26-35(27-24-31)47-41-22-11-10-19-37(41)38-21-12-20-36(43(38)47)34-25-28-40-39(29-34)42(32-15-6-2-7-16-32)46-44(45-40)33-17-8-3-9-18-33/h1-29H. The molecular formula is C44H29N3. The van der Waals surface area contributed by atoms with Crippen molar-refractivity contribution < 1.29 is 0 Å². The van der Waals surface area contributed by atoms with Crippen LogP contribution in [0.4, 0.5) is 0 Å². The van der Waals surface area contributed by atoms with Crippen LogP contribution in [0.2, 0.25) is 0 Å². The van der Waals surface area contributed by atoms with E-state index in [2.05, 4.69) is 156 Å². The summed E-state index contributed by atoms with van der Waals surface area (Å²) >= 11 is 0. The Kier molecular flexibility index (Phi) is 6.46. The van der Waals surface area contributed by atoms with Gasteiger partial charge < -0.3 is 4.57 Å². The van der Waals surface area contributed by atoms with Crippen molar-refractivity contribution in [2.75, 3.05) is 0 Å². The van der Waals surface area contributed by atoms with E-state index in [9.17, 15) is 0 Å². The Bertz CT molecular complexity index is 2530. The van der Waals surface area contributed by atoms with Crippen molar-refractivity contribution in [3.05, 3.63) is 176 Å². The molecule has 0 amide bonds. The van der Waals surface area contributed by atoms with Crippen LogP contribution in [0.25, 0.3) is 83.3 Å². The average molecular weight is 600 g/mol. The molecule has 7 aromatic carbocycles. The average Bonchev–Trinajstić information content (AvgIpc) is 3.50. The third-order valence-corrected chi connectivity index (χ3v) is 9.01. The molecule has 220 valence electrons. The predicted octanol–water partition coefficient (Wildman–Crippen LogP) is 11.4. The van der Waals surface area contributed by atoms with E-state index in [1.54, 1.807) is 0 Å². The van der Waals surface area contributed by atoms with E-state index >= 15 is 0 Å². The topological polar surface area (TPSA) is 30.7 Å². The molecule has 0 saturated carbocycles. The summed E-state index contributed by atoms with van der Waals surface area (Å²) in [7, 11) is 0. The van der Waals surface area contributed by atoms with Gasteiger partial charge in [0.2, 0.25) is 0 Å². The van der Waals surface area contributed by atoms with Crippen LogP contribution < -0.4 is 0 Å². The summed E-state index contributed by atoms with van der Waals surface area (Å²) in [4.78, 5) is 10.2. The molecule has 9 aromatic rings. The summed E-state index contributed by atoms with van der Waals surface area (Å²) in [5.41, 5.74) is 12.1. The fraction of sp³-hybridized carbons (Fsp3) is 0. The van der Waals surface area contributed by atoms with E-state index in [4.69, 9.17) is 9.97 Å². The largest absolute Gasteiger partial charge is 0.309 e. The van der Waals surface area contributed by atoms with E-state index in [0.29, 0.717) is 0 Å². The van der Waals surface area contributed by atoms with Gasteiger partial charge in [-0.15, -0.1) is 0 Å². The second-order valence-electron chi connectivity index (χ2n) is 11.8. The van der Waals surface area contributed by atoms with E-state index in [0.717, 1.165) is 44.8 Å². The molecule has 0 aliphatic carbocycles. The molecule has 0 aliphatic rings. The van der Waals surface area contributed by atoms with Gasteiger partial charge in [0.25, 0.3) is 0 Å². The summed E-state index contributed by atoms with van der Waals surface area (Å²) in [6.45, 7) is 0. The molecule has 0 spiro atoms. The van der Waals surface area contributed by atoms with Crippen molar-refractivity contribution in [1.82, 2.24) is 14.5 Å². The van der Waals surface area contributed by atoms with Gasteiger partial charge in [-0.25, -0.2) is 9.97 Å². The molecule has 0 aliphatic heterocycles. The van der Waals surface area contributed by atoms with Crippen molar-refractivity contribution in [2.45, 2.75) is 0 Å². The summed E-state index contributed by atoms with van der Waals surface area (Å²) in [6, 6.07) is 62.0. The maximum absolute atomic E-state index is 5.16. The molecule has 0 N–H and O–H groups in total. The van der Waals surface area contributed by atoms with Crippen LogP contribution in [0.1, 0.15) is 0 Å². The molecule has 0 atom stereocenters. The predicted molar refractivity (Wildman–Crippen MR) is 196 cm³/mol. The first-order valence-corrected chi connectivity index (χ1v) is 15.9. The SMILES string of the molecule is c1ccc(-c2ccc(-n3c4ccccc4c4cccc(-c5ccc6nc(-c7ccccc7)nc(-c7ccccc7)c6c5)c43)cc2)cc1. The minimum absolute atomic E-state index is 0.728. The van der Waals surface area contributed by atoms with Crippen LogP contribution in [0.3, 0.4) is 0 Å². The van der Waals surface area contributed by atoms with Crippen LogP contribution in [-0.4, -0.2) is 14.5 Å². The number of benzene rings is 7. The van der Waals surface area contributed by atoms with Gasteiger partial charge in [-0.05, 0) is 47.0 Å². The molecular weight excluding hydrogens is 571 g/mol. The van der Waals surface area contributed by atoms with E-state index in [1.165, 1.54) is 38.5 Å². The number of para-hydroxylation sites is 2. The van der Waals surface area contributed by atoms with Gasteiger partial charge in [0.05, 0.1) is 22.2 Å². The third kappa shape index (κ3) is 4.68. The third-order valence-electron chi connectivity index (χ3n) is 9.01. The Labute approximate surface area is 273 Å². The first kappa shape index (κ1) is 27.0. The Balaban J connectivity index is 1.27. The van der Waals surface area contributed by atoms with E-state index < -0.39 is 0 Å². The van der Waals surface area contributed by atoms with E-state index in [1.807, 2.05) is 24.3 Å². The number of hydrogen-bond acceptors (Lipinski definition) is 2. The van der Waals surface area contributed by atoms with Crippen molar-refractivity contribution >= 4 is 32.7 Å². The Morgan fingerprint density at radius 3 is 1.72 bits per heavy atom. The highest BCUT2D eigenvalue weighted by Gasteiger charge is 2.18. The van der Waals surface area contributed by atoms with Gasteiger partial charge >= 0.3 is 0 Å². The second-order valence-corrected chi connectivity index (χ2v) is 11.8. The van der Waals surface area contributed by atoms with Crippen LogP contribution in [0.5, 0.6) is 0 Å². The number of aromatic nitrogens is 3. The monoisotopic (exact) mass is 599 g/mol. The number of fused-ring (bicyclic) bond motifs is 4. The lowest BCUT2D eigenvalue weighted by Crippen LogP contribution is -1.97. The highest BCUT2D eigenvalue weighted by Crippen LogP contribution is 2.40. The second kappa shape index (κ2) is 11.2. The van der Waals surface area contributed by atoms with Gasteiger partial charge in [-0.2, -0.15) is 0 Å². The number of rotatable bonds is 5. The summed E-state index contributed by atoms with van der Waals surface area (Å²) in [5, 5.41) is 3.49. The zero-order valence-electron chi connectivity index (χ0n) is 25.6. The molecule has 0 radical (unpaired) electrons. The van der Waals surface area contributed by atoms with Gasteiger partial charge in [0, 0.05) is 38.5 Å². The molecule has 9 rings (SSSR count). The van der Waals surface area contributed by atoms with E-state index in [-0.39, 0.29) is 0 Å². The number of nitrogens with zero attached hydrogens (tertiary/aromatic N) is 3. The molecule has 47 heavy (non-hydrogen) atoms. The summed E-state index contributed by atoms with van der Waals surface area (Å²) in [5.74, 6) is 0.728. The molecule has 0 bridgehead atoms. The maximum atomic E-state index is 5.16. The van der Waals surface area contributed by atoms with Crippen LogP contribution >= 0.6 is 0 Å². The van der Waals surface area contributed by atoms with Gasteiger partial charge in [0.15, 0.2) is 5.82 Å². The van der Waals surface area contributed by atoms with Crippen molar-refractivity contribution in [2.24, 2.45) is 0 Å². The van der Waals surface area contributed by atoms with Crippen LogP contribution in [0, 0.1) is 0 Å². The highest BCUT2D eigenvalue weighted by molar-refractivity contribution is 6.14. The van der Waals surface area contributed by atoms with Gasteiger partial charge in [-0.3, -0.25) is 0 Å². The maximum Gasteiger partial charge on any atom is 0.160 e. The fourth-order valence-electron chi connectivity index (χ4n) is 6.78. The van der Waals surface area contributed by atoms with Gasteiger partial charge in [-0.1, -0.05) is 146 Å². The van der Waals surface area contributed by atoms with Crippen molar-refractivity contribution in [1.29, 1.82) is 0 Å². The molecule has 0 saturated heterocycles. The fourth-order valence-corrected chi connectivity index (χ4v) is 6.78. The zero-order valence-corrected chi connectivity index (χ0v) is 25.6. The normalized spacial score (nSPS) is 11.4. The van der Waals surface area contributed by atoms with Crippen LogP contribution in [0.15, 0.2) is 176 Å². The molecule has 3 nitrogen and oxygen atoms in total. The highest BCUT2D eigenvalue weighted by atomic mass is 15.0. The number of hydrogen-bond donors (Lipinski definition) is 0. The Hall–Kier alpha value is -6.32. The lowest BCUT2D eigenvalue weighted by atomic mass is 9.98. The van der Waals surface area contributed by atoms with Crippen molar-refractivity contribution in [3.63, 3.8) is 0 Å². The lowest BCUT2D eigenvalue weighted by molar-refractivity contribution is 1.18. The minimum atomic E-state index is 0.728. The Morgan fingerprint density at radius 1 is 0.383 bits per heavy atom. The van der Waals surface area contributed by atoms with Gasteiger partial charge in [0.1, 0.15) is 0 Å². The molecule has 2 heterocycles. The van der Waals surface area contributed by atoms with Crippen molar-refractivity contribution in [3.8, 4) is 50.6 Å².